The first-order valence-corrected chi connectivity index (χ1v) is 16.8. The number of pyridine rings is 2. The Bertz CT molecular complexity index is 2670. The Morgan fingerprint density at radius 2 is 1.51 bits per heavy atom. The largest absolute Gasteiger partial charge is 2.00 e. The van der Waals surface area contributed by atoms with Crippen molar-refractivity contribution in [2.75, 3.05) is 0 Å². The van der Waals surface area contributed by atoms with Gasteiger partial charge >= 0.3 is 21.1 Å². The molecule has 9 aromatic rings. The van der Waals surface area contributed by atoms with E-state index in [1.165, 1.54) is 5.56 Å². The maximum Gasteiger partial charge on any atom is 2.00 e. The molecule has 0 fully saturated rings. The number of ether oxygens (including phenoxy) is 1. The molecule has 0 unspecified atom stereocenters. The molecule has 250 valence electrons. The van der Waals surface area contributed by atoms with Gasteiger partial charge in [0.05, 0.1) is 5.58 Å². The molecular weight excluding hydrogens is 812 g/mol. The maximum atomic E-state index is 6.77. The Labute approximate surface area is 310 Å². The van der Waals surface area contributed by atoms with Crippen LogP contribution >= 0.6 is 0 Å². The zero-order valence-electron chi connectivity index (χ0n) is 28.3. The van der Waals surface area contributed by atoms with Crippen LogP contribution in [0, 0.1) is 17.5 Å². The van der Waals surface area contributed by atoms with Crippen LogP contribution in [-0.4, -0.2) is 9.97 Å². The Morgan fingerprint density at radius 1 is 0.686 bits per heavy atom. The molecule has 0 bridgehead atoms. The second-order valence-corrected chi connectivity index (χ2v) is 13.9. The van der Waals surface area contributed by atoms with Gasteiger partial charge in [-0.15, -0.1) is 53.4 Å². The second kappa shape index (κ2) is 13.0. The summed E-state index contributed by atoms with van der Waals surface area (Å²) in [6.45, 7) is 6.76. The molecule has 0 saturated heterocycles. The zero-order chi connectivity index (χ0) is 33.8. The van der Waals surface area contributed by atoms with Crippen molar-refractivity contribution in [3.05, 3.63) is 145 Å². The van der Waals surface area contributed by atoms with Crippen molar-refractivity contribution in [2.45, 2.75) is 27.2 Å². The van der Waals surface area contributed by atoms with Gasteiger partial charge in [-0.1, -0.05) is 98.5 Å². The molecule has 6 heteroatoms. The van der Waals surface area contributed by atoms with Crippen LogP contribution < -0.4 is 4.74 Å². The van der Waals surface area contributed by atoms with E-state index in [1.54, 1.807) is 0 Å². The van der Waals surface area contributed by atoms with Crippen molar-refractivity contribution in [2.24, 2.45) is 5.41 Å². The van der Waals surface area contributed by atoms with Crippen LogP contribution in [0.1, 0.15) is 26.3 Å². The minimum absolute atomic E-state index is 0. The monoisotopic (exact) mass is 843 g/mol. The van der Waals surface area contributed by atoms with Gasteiger partial charge in [-0.25, -0.2) is 0 Å². The number of fused-ring (bicyclic) bond motifs is 6. The fraction of sp³-hybridized carbons (Fsp3) is 0.111. The molecule has 0 spiro atoms. The first-order valence-electron chi connectivity index (χ1n) is 16.8. The predicted octanol–water partition coefficient (Wildman–Crippen LogP) is 12.3. The van der Waals surface area contributed by atoms with Crippen molar-refractivity contribution in [1.29, 1.82) is 0 Å². The minimum atomic E-state index is 0. The van der Waals surface area contributed by atoms with Gasteiger partial charge < -0.3 is 13.6 Å². The summed E-state index contributed by atoms with van der Waals surface area (Å²) >= 11 is 0. The molecule has 4 heterocycles. The fourth-order valence-electron chi connectivity index (χ4n) is 6.72. The third kappa shape index (κ3) is 6.35. The number of aromatic nitrogens is 2. The number of hydrogen-bond donors (Lipinski definition) is 0. The standard InChI is InChI=1S/C45H32N2O3.Pt/c1-45(2,3)27-28-20-21-34-40(22-28)49-44-35(23-30-14-7-9-16-33(30)43(34)44)37-24-32(39-25-31-15-8-10-18-38(31)48-39)26-42(47-37)50-41-19-11-17-36(46-41)29-12-5-4-6-13-29;/h4-12,14-22,24-26H,27H2,1-3H3;/q-2;+2. The number of para-hydroxylation sites is 1. The Morgan fingerprint density at radius 3 is 2.35 bits per heavy atom. The molecular formula is C45H32N2O3Pt. The van der Waals surface area contributed by atoms with Crippen LogP contribution in [-0.2, 0) is 27.5 Å². The van der Waals surface area contributed by atoms with E-state index in [-0.39, 0.29) is 26.5 Å². The van der Waals surface area contributed by atoms with Gasteiger partial charge in [0.2, 0.25) is 11.8 Å². The van der Waals surface area contributed by atoms with Gasteiger partial charge in [-0.05, 0) is 52.7 Å². The van der Waals surface area contributed by atoms with E-state index < -0.39 is 0 Å². The van der Waals surface area contributed by atoms with E-state index >= 15 is 0 Å². The minimum Gasteiger partial charge on any atom is -0.491 e. The van der Waals surface area contributed by atoms with Crippen molar-refractivity contribution < 1.29 is 34.6 Å². The van der Waals surface area contributed by atoms with Gasteiger partial charge in [0.15, 0.2) is 0 Å². The SMILES string of the molecule is CC(C)(C)Cc1ccc2c(c1)oc1c(-c3cc(-c4cc5ccccc5o4)cc(Oc4cccc(-c5[c-]cccc5)n4)n3)[c-]c3ccccc3c12.[Pt+2]. The summed E-state index contributed by atoms with van der Waals surface area (Å²) in [7, 11) is 0. The molecule has 9 rings (SSSR count). The summed E-state index contributed by atoms with van der Waals surface area (Å²) in [6.07, 6.45) is 0.944. The normalized spacial score (nSPS) is 11.7. The van der Waals surface area contributed by atoms with Crippen molar-refractivity contribution in [3.63, 3.8) is 0 Å². The summed E-state index contributed by atoms with van der Waals surface area (Å²) in [5.74, 6) is 1.49. The molecule has 5 aromatic carbocycles. The van der Waals surface area contributed by atoms with E-state index in [0.29, 0.717) is 23.2 Å². The second-order valence-electron chi connectivity index (χ2n) is 13.9. The quantitative estimate of drug-likeness (QED) is 0.156. The van der Waals surface area contributed by atoms with E-state index in [1.807, 2.05) is 91.0 Å². The topological polar surface area (TPSA) is 61.3 Å². The zero-order valence-corrected chi connectivity index (χ0v) is 30.5. The van der Waals surface area contributed by atoms with Gasteiger partial charge in [0.1, 0.15) is 16.9 Å². The van der Waals surface area contributed by atoms with Crippen LogP contribution in [0.15, 0.2) is 136 Å². The van der Waals surface area contributed by atoms with Gasteiger partial charge in [0, 0.05) is 28.1 Å². The first-order chi connectivity index (χ1) is 24.3. The number of benzene rings is 5. The van der Waals surface area contributed by atoms with E-state index in [2.05, 4.69) is 69.3 Å². The van der Waals surface area contributed by atoms with Crippen LogP contribution in [0.25, 0.3) is 77.5 Å². The van der Waals surface area contributed by atoms with Gasteiger partial charge in [-0.3, -0.25) is 9.97 Å². The summed E-state index contributed by atoms with van der Waals surface area (Å²) in [5.41, 5.74) is 7.61. The average Bonchev–Trinajstić information content (AvgIpc) is 3.73. The summed E-state index contributed by atoms with van der Waals surface area (Å²) < 4.78 is 19.6. The Hall–Kier alpha value is -5.51. The van der Waals surface area contributed by atoms with Crippen LogP contribution in [0.3, 0.4) is 0 Å². The Kier molecular flexibility index (Phi) is 8.32. The van der Waals surface area contributed by atoms with E-state index in [4.69, 9.17) is 23.5 Å². The van der Waals surface area contributed by atoms with Crippen LogP contribution in [0.2, 0.25) is 0 Å². The van der Waals surface area contributed by atoms with Gasteiger partial charge in [0.25, 0.3) is 0 Å². The molecule has 0 aliphatic rings. The third-order valence-corrected chi connectivity index (χ3v) is 8.86. The first kappa shape index (κ1) is 32.7. The number of rotatable bonds is 6. The van der Waals surface area contributed by atoms with Crippen molar-refractivity contribution in [3.8, 4) is 45.6 Å². The molecule has 0 amide bonds. The summed E-state index contributed by atoms with van der Waals surface area (Å²) in [6, 6.07) is 49.2. The molecule has 5 nitrogen and oxygen atoms in total. The summed E-state index contributed by atoms with van der Waals surface area (Å²) in [5, 5.41) is 5.17. The van der Waals surface area contributed by atoms with Crippen molar-refractivity contribution in [1.82, 2.24) is 9.97 Å². The molecule has 0 saturated carbocycles. The fourth-order valence-corrected chi connectivity index (χ4v) is 6.72. The third-order valence-electron chi connectivity index (χ3n) is 8.86. The molecule has 0 aliphatic heterocycles. The van der Waals surface area contributed by atoms with Crippen LogP contribution in [0.4, 0.5) is 0 Å². The van der Waals surface area contributed by atoms with E-state index in [9.17, 15) is 0 Å². The van der Waals surface area contributed by atoms with Crippen molar-refractivity contribution >= 4 is 43.7 Å². The predicted molar refractivity (Wildman–Crippen MR) is 200 cm³/mol. The van der Waals surface area contributed by atoms with Crippen LogP contribution in [0.5, 0.6) is 11.8 Å². The van der Waals surface area contributed by atoms with Gasteiger partial charge in [-0.2, -0.15) is 0 Å². The smallest absolute Gasteiger partial charge is 0.491 e. The average molecular weight is 844 g/mol. The number of nitrogens with zero attached hydrogens (tertiary/aromatic N) is 2. The molecule has 0 atom stereocenters. The molecule has 0 radical (unpaired) electrons. The van der Waals surface area contributed by atoms with E-state index in [0.717, 1.165) is 72.5 Å². The molecule has 4 aromatic heterocycles. The Balaban J connectivity index is 0.00000374. The molecule has 0 N–H and O–H groups in total. The molecule has 51 heavy (non-hydrogen) atoms. The summed E-state index contributed by atoms with van der Waals surface area (Å²) in [4.78, 5) is 9.86. The number of furan rings is 2. The maximum absolute atomic E-state index is 6.77. The number of hydrogen-bond acceptors (Lipinski definition) is 5. The molecule has 0 aliphatic carbocycles.